The van der Waals surface area contributed by atoms with E-state index in [2.05, 4.69) is 30.1 Å². The Morgan fingerprint density at radius 1 is 1.32 bits per heavy atom. The maximum Gasteiger partial charge on any atom is 0.138 e. The molecule has 1 heterocycles. The molecule has 0 N–H and O–H groups in total. The van der Waals surface area contributed by atoms with Crippen LogP contribution in [0.2, 0.25) is 5.02 Å². The summed E-state index contributed by atoms with van der Waals surface area (Å²) in [5.74, 6) is 0.885. The molecule has 1 atom stereocenters. The smallest absolute Gasteiger partial charge is 0.138 e. The summed E-state index contributed by atoms with van der Waals surface area (Å²) in [6.45, 7) is 6.87. The second-order valence-corrected chi connectivity index (χ2v) is 5.32. The Morgan fingerprint density at radius 2 is 2.00 bits per heavy atom. The molecule has 0 aliphatic rings. The molecule has 2 aromatic rings. The van der Waals surface area contributed by atoms with Gasteiger partial charge in [0.2, 0.25) is 0 Å². The molecule has 0 radical (unpaired) electrons. The van der Waals surface area contributed by atoms with Gasteiger partial charge in [0.25, 0.3) is 0 Å². The third-order valence-corrected chi connectivity index (χ3v) is 3.95. The van der Waals surface area contributed by atoms with Gasteiger partial charge >= 0.3 is 0 Å². The zero-order chi connectivity index (χ0) is 14.0. The Labute approximate surface area is 119 Å². The van der Waals surface area contributed by atoms with Crippen molar-refractivity contribution in [2.75, 3.05) is 7.05 Å². The first-order valence-electron chi connectivity index (χ1n) is 6.37. The van der Waals surface area contributed by atoms with E-state index in [1.165, 1.54) is 0 Å². The number of aromatic nitrogens is 1. The van der Waals surface area contributed by atoms with Crippen LogP contribution < -0.4 is 0 Å². The summed E-state index contributed by atoms with van der Waals surface area (Å²) in [4.78, 5) is 2.24. The molecule has 0 aliphatic carbocycles. The van der Waals surface area contributed by atoms with Gasteiger partial charge in [-0.05, 0) is 39.4 Å². The third-order valence-electron chi connectivity index (χ3n) is 3.61. The molecule has 19 heavy (non-hydrogen) atoms. The first-order valence-corrected chi connectivity index (χ1v) is 6.75. The molecule has 0 spiro atoms. The van der Waals surface area contributed by atoms with Crippen LogP contribution in [0.15, 0.2) is 28.8 Å². The lowest BCUT2D eigenvalue weighted by Gasteiger charge is -2.25. The predicted molar refractivity (Wildman–Crippen MR) is 77.3 cm³/mol. The van der Waals surface area contributed by atoms with E-state index >= 15 is 0 Å². The number of aryl methyl sites for hydroxylation is 2. The molecular weight excluding hydrogens is 260 g/mol. The summed E-state index contributed by atoms with van der Waals surface area (Å²) in [6.07, 6.45) is 0. The molecule has 0 amide bonds. The third kappa shape index (κ3) is 2.99. The van der Waals surface area contributed by atoms with E-state index in [1.807, 2.05) is 32.0 Å². The molecule has 0 aliphatic heterocycles. The number of hydrogen-bond acceptors (Lipinski definition) is 3. The highest BCUT2D eigenvalue weighted by molar-refractivity contribution is 6.31. The van der Waals surface area contributed by atoms with Crippen molar-refractivity contribution in [3.05, 3.63) is 51.9 Å². The van der Waals surface area contributed by atoms with E-state index in [4.69, 9.17) is 16.1 Å². The number of benzene rings is 1. The first kappa shape index (κ1) is 14.1. The monoisotopic (exact) mass is 278 g/mol. The Kier molecular flexibility index (Phi) is 4.27. The lowest BCUT2D eigenvalue weighted by atomic mass is 10.1. The summed E-state index contributed by atoms with van der Waals surface area (Å²) in [5, 5.41) is 4.80. The number of rotatable bonds is 4. The van der Waals surface area contributed by atoms with Crippen molar-refractivity contribution < 1.29 is 4.52 Å². The van der Waals surface area contributed by atoms with Crippen LogP contribution in [0.5, 0.6) is 0 Å². The molecule has 1 aromatic carbocycles. The molecule has 1 aromatic heterocycles. The Morgan fingerprint density at radius 3 is 2.58 bits per heavy atom. The zero-order valence-electron chi connectivity index (χ0n) is 11.8. The summed E-state index contributed by atoms with van der Waals surface area (Å²) in [7, 11) is 2.08. The minimum atomic E-state index is 0.238. The van der Waals surface area contributed by atoms with Gasteiger partial charge < -0.3 is 4.52 Å². The van der Waals surface area contributed by atoms with Crippen LogP contribution in [-0.2, 0) is 6.54 Å². The SMILES string of the molecule is Cc1noc(C)c1CN(C)C(C)c1ccccc1Cl. The van der Waals surface area contributed by atoms with Gasteiger partial charge in [0.15, 0.2) is 0 Å². The standard InChI is InChI=1S/C15H19ClN2O/c1-10-14(12(3)19-17-10)9-18(4)11(2)13-7-5-6-8-15(13)16/h5-8,11H,9H2,1-4H3. The Hall–Kier alpha value is -1.32. The summed E-state index contributed by atoms with van der Waals surface area (Å²) in [5.41, 5.74) is 3.25. The fraction of sp³-hybridized carbons (Fsp3) is 0.400. The number of hydrogen-bond donors (Lipinski definition) is 0. The van der Waals surface area contributed by atoms with Crippen LogP contribution in [0.3, 0.4) is 0 Å². The molecule has 3 nitrogen and oxygen atoms in total. The maximum atomic E-state index is 6.25. The van der Waals surface area contributed by atoms with Gasteiger partial charge in [-0.1, -0.05) is 35.0 Å². The highest BCUT2D eigenvalue weighted by Gasteiger charge is 2.18. The molecule has 0 fully saturated rings. The van der Waals surface area contributed by atoms with Crippen LogP contribution >= 0.6 is 11.6 Å². The van der Waals surface area contributed by atoms with Crippen LogP contribution in [0.25, 0.3) is 0 Å². The van der Waals surface area contributed by atoms with E-state index in [0.29, 0.717) is 0 Å². The van der Waals surface area contributed by atoms with Crippen molar-refractivity contribution in [1.82, 2.24) is 10.1 Å². The predicted octanol–water partition coefficient (Wildman–Crippen LogP) is 4.14. The maximum absolute atomic E-state index is 6.25. The van der Waals surface area contributed by atoms with E-state index in [1.54, 1.807) is 0 Å². The van der Waals surface area contributed by atoms with Crippen molar-refractivity contribution in [1.29, 1.82) is 0 Å². The number of halogens is 1. The van der Waals surface area contributed by atoms with Crippen molar-refractivity contribution in [3.8, 4) is 0 Å². The lowest BCUT2D eigenvalue weighted by Crippen LogP contribution is -2.22. The molecular formula is C15H19ClN2O. The van der Waals surface area contributed by atoms with E-state index in [9.17, 15) is 0 Å². The Bertz CT molecular complexity index is 546. The molecule has 1 unspecified atom stereocenters. The van der Waals surface area contributed by atoms with Gasteiger partial charge in [-0.2, -0.15) is 0 Å². The van der Waals surface area contributed by atoms with Gasteiger partial charge in [-0.25, -0.2) is 0 Å². The second-order valence-electron chi connectivity index (χ2n) is 4.92. The summed E-state index contributed by atoms with van der Waals surface area (Å²) < 4.78 is 5.20. The van der Waals surface area contributed by atoms with Crippen LogP contribution in [0.1, 0.15) is 35.5 Å². The van der Waals surface area contributed by atoms with Gasteiger partial charge in [-0.3, -0.25) is 4.90 Å². The Balaban J connectivity index is 2.17. The normalized spacial score (nSPS) is 12.9. The highest BCUT2D eigenvalue weighted by Crippen LogP contribution is 2.28. The molecule has 102 valence electrons. The largest absolute Gasteiger partial charge is 0.361 e. The molecule has 0 saturated carbocycles. The molecule has 0 bridgehead atoms. The van der Waals surface area contributed by atoms with Crippen molar-refractivity contribution in [2.24, 2.45) is 0 Å². The summed E-state index contributed by atoms with van der Waals surface area (Å²) >= 11 is 6.25. The highest BCUT2D eigenvalue weighted by atomic mass is 35.5. The van der Waals surface area contributed by atoms with E-state index in [0.717, 1.165) is 34.1 Å². The second kappa shape index (κ2) is 5.76. The van der Waals surface area contributed by atoms with Gasteiger partial charge in [0.05, 0.1) is 5.69 Å². The quantitative estimate of drug-likeness (QED) is 0.842. The first-order chi connectivity index (χ1) is 9.00. The van der Waals surface area contributed by atoms with Crippen molar-refractivity contribution in [3.63, 3.8) is 0 Å². The van der Waals surface area contributed by atoms with Crippen molar-refractivity contribution in [2.45, 2.75) is 33.4 Å². The average Bonchev–Trinajstić information content (AvgIpc) is 2.70. The lowest BCUT2D eigenvalue weighted by molar-refractivity contribution is 0.251. The molecule has 2 rings (SSSR count). The number of nitrogens with zero attached hydrogens (tertiary/aromatic N) is 2. The van der Waals surface area contributed by atoms with Gasteiger partial charge in [0, 0.05) is 23.2 Å². The van der Waals surface area contributed by atoms with E-state index < -0.39 is 0 Å². The van der Waals surface area contributed by atoms with Gasteiger partial charge in [-0.15, -0.1) is 0 Å². The van der Waals surface area contributed by atoms with Crippen LogP contribution in [0.4, 0.5) is 0 Å². The molecule has 4 heteroatoms. The van der Waals surface area contributed by atoms with Crippen molar-refractivity contribution >= 4 is 11.6 Å². The van der Waals surface area contributed by atoms with E-state index in [-0.39, 0.29) is 6.04 Å². The minimum Gasteiger partial charge on any atom is -0.361 e. The average molecular weight is 279 g/mol. The topological polar surface area (TPSA) is 29.3 Å². The summed E-state index contributed by atoms with van der Waals surface area (Å²) in [6, 6.07) is 8.20. The van der Waals surface area contributed by atoms with Crippen LogP contribution in [0, 0.1) is 13.8 Å². The fourth-order valence-corrected chi connectivity index (χ4v) is 2.46. The van der Waals surface area contributed by atoms with Crippen LogP contribution in [-0.4, -0.2) is 17.1 Å². The minimum absolute atomic E-state index is 0.238. The zero-order valence-corrected chi connectivity index (χ0v) is 12.5. The fourth-order valence-electron chi connectivity index (χ4n) is 2.17. The van der Waals surface area contributed by atoms with Gasteiger partial charge in [0.1, 0.15) is 5.76 Å². The molecule has 0 saturated heterocycles.